The second kappa shape index (κ2) is 14.1. The lowest BCUT2D eigenvalue weighted by molar-refractivity contribution is -0.122. The zero-order valence-corrected chi connectivity index (χ0v) is 24.5. The SMILES string of the molecule is CNC(=O)C(NC)c1nc(SCc2csc(-c3ccc(Cl)cc3)n2)c(C#N)c(-c2ccc(OCCO)cc2)c1C#N. The number of benzene rings is 2. The van der Waals surface area contributed by atoms with Gasteiger partial charge in [0.05, 0.1) is 29.1 Å². The van der Waals surface area contributed by atoms with Crippen LogP contribution < -0.4 is 15.4 Å². The van der Waals surface area contributed by atoms with E-state index in [1.165, 1.54) is 30.1 Å². The van der Waals surface area contributed by atoms with Crippen molar-refractivity contribution in [2.75, 3.05) is 27.3 Å². The van der Waals surface area contributed by atoms with Crippen LogP contribution in [-0.4, -0.2) is 48.3 Å². The molecule has 0 radical (unpaired) electrons. The van der Waals surface area contributed by atoms with Crippen LogP contribution in [0.1, 0.15) is 28.6 Å². The van der Waals surface area contributed by atoms with E-state index in [1.807, 2.05) is 29.6 Å². The van der Waals surface area contributed by atoms with Crippen LogP contribution in [0.2, 0.25) is 5.02 Å². The summed E-state index contributed by atoms with van der Waals surface area (Å²) in [4.78, 5) is 22.2. The first-order valence-corrected chi connectivity index (χ1v) is 14.6. The van der Waals surface area contributed by atoms with Crippen LogP contribution in [0.15, 0.2) is 58.9 Å². The molecule has 0 fully saturated rings. The molecule has 0 spiro atoms. The van der Waals surface area contributed by atoms with Crippen molar-refractivity contribution < 1.29 is 14.6 Å². The molecule has 1 unspecified atom stereocenters. The molecule has 208 valence electrons. The largest absolute Gasteiger partial charge is 0.491 e. The lowest BCUT2D eigenvalue weighted by atomic mass is 9.93. The zero-order chi connectivity index (χ0) is 29.4. The van der Waals surface area contributed by atoms with Crippen LogP contribution in [0.4, 0.5) is 0 Å². The van der Waals surface area contributed by atoms with Crippen LogP contribution in [0.3, 0.4) is 0 Å². The van der Waals surface area contributed by atoms with Gasteiger partial charge in [-0.15, -0.1) is 11.3 Å². The summed E-state index contributed by atoms with van der Waals surface area (Å²) in [5.74, 6) is 0.569. The second-order valence-electron chi connectivity index (χ2n) is 8.52. The first-order valence-electron chi connectivity index (χ1n) is 12.4. The van der Waals surface area contributed by atoms with Gasteiger partial charge in [0.2, 0.25) is 5.91 Å². The molecule has 0 saturated carbocycles. The van der Waals surface area contributed by atoms with Gasteiger partial charge in [0.25, 0.3) is 0 Å². The zero-order valence-electron chi connectivity index (χ0n) is 22.1. The molecule has 1 amide bonds. The predicted molar refractivity (Wildman–Crippen MR) is 160 cm³/mol. The predicted octanol–water partition coefficient (Wildman–Crippen LogP) is 4.94. The molecule has 4 aromatic rings. The van der Waals surface area contributed by atoms with Gasteiger partial charge in [-0.25, -0.2) is 9.97 Å². The number of thioether (sulfide) groups is 1. The van der Waals surface area contributed by atoms with E-state index >= 15 is 0 Å². The summed E-state index contributed by atoms with van der Waals surface area (Å²) in [5, 5.41) is 38.9. The molecule has 1 atom stereocenters. The molecule has 41 heavy (non-hydrogen) atoms. The average Bonchev–Trinajstić information content (AvgIpc) is 3.48. The fraction of sp³-hybridized carbons (Fsp3) is 0.207. The number of aromatic nitrogens is 2. The Morgan fingerprint density at radius 2 is 1.76 bits per heavy atom. The van der Waals surface area contributed by atoms with E-state index < -0.39 is 6.04 Å². The average molecular weight is 605 g/mol. The Morgan fingerprint density at radius 1 is 1.07 bits per heavy atom. The summed E-state index contributed by atoms with van der Waals surface area (Å²) < 4.78 is 5.46. The Balaban J connectivity index is 1.78. The van der Waals surface area contributed by atoms with Gasteiger partial charge in [0, 0.05) is 34.3 Å². The third kappa shape index (κ3) is 6.85. The maximum atomic E-state index is 12.8. The fourth-order valence-corrected chi connectivity index (χ4v) is 6.00. The van der Waals surface area contributed by atoms with Gasteiger partial charge in [-0.05, 0) is 36.9 Å². The van der Waals surface area contributed by atoms with Gasteiger partial charge in [-0.2, -0.15) is 10.5 Å². The number of likely N-dealkylation sites (N-methyl/N-ethyl adjacent to an activating group) is 2. The van der Waals surface area contributed by atoms with E-state index in [9.17, 15) is 15.3 Å². The maximum absolute atomic E-state index is 12.8. The number of carbonyl (C=O) groups is 1. The number of halogens is 1. The number of carbonyl (C=O) groups excluding carboxylic acids is 1. The maximum Gasteiger partial charge on any atom is 0.243 e. The smallest absolute Gasteiger partial charge is 0.243 e. The minimum atomic E-state index is -0.927. The molecule has 2 heterocycles. The van der Waals surface area contributed by atoms with E-state index in [-0.39, 0.29) is 35.9 Å². The van der Waals surface area contributed by atoms with Crippen LogP contribution in [0, 0.1) is 22.7 Å². The monoisotopic (exact) mass is 604 g/mol. The Bertz CT molecular complexity index is 1610. The van der Waals surface area contributed by atoms with Gasteiger partial charge in [-0.1, -0.05) is 47.6 Å². The fourth-order valence-electron chi connectivity index (χ4n) is 4.06. The molecule has 0 saturated heterocycles. The minimum Gasteiger partial charge on any atom is -0.491 e. The molecule has 3 N–H and O–H groups in total. The number of nitriles is 2. The van der Waals surface area contributed by atoms with Crippen molar-refractivity contribution in [2.24, 2.45) is 0 Å². The third-order valence-electron chi connectivity index (χ3n) is 5.99. The van der Waals surface area contributed by atoms with Crippen molar-refractivity contribution in [1.29, 1.82) is 10.5 Å². The number of hydrogen-bond acceptors (Lipinski definition) is 10. The van der Waals surface area contributed by atoms with E-state index in [0.717, 1.165) is 16.3 Å². The Kier molecular flexibility index (Phi) is 10.3. The van der Waals surface area contributed by atoms with E-state index in [1.54, 1.807) is 31.3 Å². The summed E-state index contributed by atoms with van der Waals surface area (Å²) >= 11 is 8.82. The van der Waals surface area contributed by atoms with Crippen LogP contribution in [0.25, 0.3) is 21.7 Å². The molecule has 9 nitrogen and oxygen atoms in total. The number of aliphatic hydroxyl groups excluding tert-OH is 1. The molecular weight excluding hydrogens is 580 g/mol. The van der Waals surface area contributed by atoms with Gasteiger partial charge >= 0.3 is 0 Å². The topological polar surface area (TPSA) is 144 Å². The van der Waals surface area contributed by atoms with Crippen LogP contribution >= 0.6 is 34.7 Å². The van der Waals surface area contributed by atoms with E-state index in [2.05, 4.69) is 22.8 Å². The van der Waals surface area contributed by atoms with E-state index in [0.29, 0.717) is 32.7 Å². The van der Waals surface area contributed by atoms with Gasteiger partial charge in [0.15, 0.2) is 0 Å². The number of nitrogens with one attached hydrogen (secondary N) is 2. The molecule has 4 rings (SSSR count). The van der Waals surface area contributed by atoms with Gasteiger partial charge in [-0.3, -0.25) is 4.79 Å². The third-order valence-corrected chi connectivity index (χ3v) is 8.19. The van der Waals surface area contributed by atoms with Crippen molar-refractivity contribution >= 4 is 40.6 Å². The quantitative estimate of drug-likeness (QED) is 0.203. The highest BCUT2D eigenvalue weighted by atomic mass is 35.5. The molecule has 2 aromatic carbocycles. The summed E-state index contributed by atoms with van der Waals surface area (Å²) in [6.07, 6.45) is 0. The Labute approximate surface area is 250 Å². The summed E-state index contributed by atoms with van der Waals surface area (Å²) in [7, 11) is 3.11. The first kappa shape index (κ1) is 30.0. The van der Waals surface area contributed by atoms with E-state index in [4.69, 9.17) is 31.4 Å². The summed E-state index contributed by atoms with van der Waals surface area (Å²) in [5.41, 5.74) is 3.27. The number of nitrogens with zero attached hydrogens (tertiary/aromatic N) is 4. The lowest BCUT2D eigenvalue weighted by Crippen LogP contribution is -2.35. The van der Waals surface area contributed by atoms with Crippen molar-refractivity contribution in [3.05, 3.63) is 81.4 Å². The standard InChI is InChI=1S/C29H25ClN6O3S2/c1-33-26(27(38)34-2)25-22(13-31)24(17-5-9-21(10-6-17)39-12-11-37)23(14-32)29(36-25)41-16-20-15-40-28(35-20)18-3-7-19(30)8-4-18/h3-10,15,26,33,37H,11-12,16H2,1-2H3,(H,34,38). The molecule has 0 aliphatic rings. The molecule has 12 heteroatoms. The number of ether oxygens (including phenoxy) is 1. The number of rotatable bonds is 11. The van der Waals surface area contributed by atoms with Crippen LogP contribution in [-0.2, 0) is 10.5 Å². The minimum absolute atomic E-state index is 0.122. The normalized spacial score (nSPS) is 11.4. The van der Waals surface area contributed by atoms with Crippen molar-refractivity contribution in [3.8, 4) is 39.6 Å². The number of hydrogen-bond donors (Lipinski definition) is 3. The van der Waals surface area contributed by atoms with Crippen molar-refractivity contribution in [2.45, 2.75) is 16.8 Å². The lowest BCUT2D eigenvalue weighted by Gasteiger charge is -2.20. The molecular formula is C29H25ClN6O3S2. The second-order valence-corrected chi connectivity index (χ2v) is 10.8. The highest BCUT2D eigenvalue weighted by molar-refractivity contribution is 7.98. The highest BCUT2D eigenvalue weighted by Crippen LogP contribution is 2.38. The Hall–Kier alpha value is -3.97. The number of thiazole rings is 1. The van der Waals surface area contributed by atoms with Gasteiger partial charge in [0.1, 0.15) is 40.6 Å². The number of aliphatic hydroxyl groups is 1. The Morgan fingerprint density at radius 3 is 2.37 bits per heavy atom. The first-order chi connectivity index (χ1) is 19.9. The molecule has 2 aromatic heterocycles. The number of amides is 1. The van der Waals surface area contributed by atoms with Gasteiger partial charge < -0.3 is 20.5 Å². The summed E-state index contributed by atoms with van der Waals surface area (Å²) in [6, 6.07) is 17.8. The number of pyridine rings is 1. The van der Waals surface area contributed by atoms with Crippen LogP contribution in [0.5, 0.6) is 5.75 Å². The van der Waals surface area contributed by atoms with Crippen molar-refractivity contribution in [3.63, 3.8) is 0 Å². The molecule has 0 aliphatic carbocycles. The molecule has 0 aliphatic heterocycles. The highest BCUT2D eigenvalue weighted by Gasteiger charge is 2.29. The molecule has 0 bridgehead atoms. The van der Waals surface area contributed by atoms with Crippen molar-refractivity contribution in [1.82, 2.24) is 20.6 Å². The summed E-state index contributed by atoms with van der Waals surface area (Å²) in [6.45, 7) is 0.0110.